The van der Waals surface area contributed by atoms with Gasteiger partial charge in [-0.2, -0.15) is 0 Å². The topological polar surface area (TPSA) is 28.1 Å². The fourth-order valence-corrected chi connectivity index (χ4v) is 0.918. The molecule has 0 bridgehead atoms. The lowest BCUT2D eigenvalue weighted by Crippen LogP contribution is -3.00. The van der Waals surface area contributed by atoms with Gasteiger partial charge in [0.05, 0.1) is 0 Å². The van der Waals surface area contributed by atoms with E-state index in [0.717, 1.165) is 5.56 Å². The first-order valence-corrected chi connectivity index (χ1v) is 3.16. The summed E-state index contributed by atoms with van der Waals surface area (Å²) in [6, 6.07) is 5.70. The molecule has 1 aromatic rings. The molecule has 0 atom stereocenters. The Morgan fingerprint density at radius 1 is 1.27 bits per heavy atom. The summed E-state index contributed by atoms with van der Waals surface area (Å²) in [5.41, 5.74) is 2.83. The van der Waals surface area contributed by atoms with Crippen LogP contribution in [0.4, 0.5) is 5.69 Å². The number of diazo groups is 1. The number of benzene rings is 1. The quantitative estimate of drug-likeness (QED) is 0.493. The van der Waals surface area contributed by atoms with Crippen LogP contribution < -0.4 is 12.4 Å². The number of aryl methyl sites for hydroxylation is 2. The number of hydrogen-bond donors (Lipinski definition) is 0. The summed E-state index contributed by atoms with van der Waals surface area (Å²) in [4.78, 5) is 3.11. The van der Waals surface area contributed by atoms with Crippen LogP contribution in [0, 0.1) is 19.2 Å². The molecule has 1 rings (SSSR count). The van der Waals surface area contributed by atoms with Crippen molar-refractivity contribution in [1.29, 1.82) is 5.39 Å². The maximum Gasteiger partial charge on any atom is 0.387 e. The van der Waals surface area contributed by atoms with Gasteiger partial charge in [-0.05, 0) is 19.9 Å². The summed E-state index contributed by atoms with van der Waals surface area (Å²) in [7, 11) is 0. The van der Waals surface area contributed by atoms with Crippen LogP contribution in [0.3, 0.4) is 0 Å². The van der Waals surface area contributed by atoms with E-state index in [1.807, 2.05) is 26.0 Å². The van der Waals surface area contributed by atoms with Gasteiger partial charge in [0.15, 0.2) is 4.98 Å². The second-order valence-electron chi connectivity index (χ2n) is 2.39. The van der Waals surface area contributed by atoms with Crippen LogP contribution in [0.1, 0.15) is 11.1 Å². The third kappa shape index (κ3) is 2.21. The van der Waals surface area contributed by atoms with E-state index < -0.39 is 0 Å². The van der Waals surface area contributed by atoms with Gasteiger partial charge in [0.1, 0.15) is 0 Å². The molecule has 0 spiro atoms. The van der Waals surface area contributed by atoms with Crippen molar-refractivity contribution < 1.29 is 12.4 Å². The van der Waals surface area contributed by atoms with Crippen LogP contribution in [-0.4, -0.2) is 0 Å². The number of nitrogens with zero attached hydrogens (tertiary/aromatic N) is 2. The average Bonchev–Trinajstić information content (AvgIpc) is 1.88. The van der Waals surface area contributed by atoms with E-state index in [-0.39, 0.29) is 12.4 Å². The van der Waals surface area contributed by atoms with Crippen LogP contribution in [0.25, 0.3) is 4.98 Å². The molecule has 0 N–H and O–H groups in total. The Morgan fingerprint density at radius 2 is 1.91 bits per heavy atom. The monoisotopic (exact) mass is 168 g/mol. The average molecular weight is 169 g/mol. The molecular weight excluding hydrogens is 160 g/mol. The van der Waals surface area contributed by atoms with Crippen LogP contribution in [-0.2, 0) is 0 Å². The van der Waals surface area contributed by atoms with Crippen molar-refractivity contribution in [3.8, 4) is 0 Å². The first-order valence-electron chi connectivity index (χ1n) is 3.16. The SMILES string of the molecule is Cc1ccc([N+]#N)c(C)c1.[Cl-]. The number of rotatable bonds is 0. The van der Waals surface area contributed by atoms with Crippen molar-refractivity contribution in [2.45, 2.75) is 13.8 Å². The van der Waals surface area contributed by atoms with Crippen LogP contribution in [0.5, 0.6) is 0 Å². The molecule has 0 fully saturated rings. The summed E-state index contributed by atoms with van der Waals surface area (Å²) >= 11 is 0. The Balaban J connectivity index is 0.000001000. The smallest absolute Gasteiger partial charge is 0.387 e. The zero-order chi connectivity index (χ0) is 7.56. The van der Waals surface area contributed by atoms with Gasteiger partial charge in [-0.3, -0.25) is 0 Å². The highest BCUT2D eigenvalue weighted by molar-refractivity contribution is 5.51. The third-order valence-electron chi connectivity index (χ3n) is 1.46. The van der Waals surface area contributed by atoms with Crippen molar-refractivity contribution in [3.63, 3.8) is 0 Å². The minimum atomic E-state index is 0. The molecule has 0 amide bonds. The van der Waals surface area contributed by atoms with E-state index in [1.165, 1.54) is 5.56 Å². The molecule has 0 aliphatic heterocycles. The summed E-state index contributed by atoms with van der Waals surface area (Å²) in [6.07, 6.45) is 0. The van der Waals surface area contributed by atoms with Crippen molar-refractivity contribution in [2.24, 2.45) is 0 Å². The lowest BCUT2D eigenvalue weighted by molar-refractivity contribution is -0.00000243. The molecule has 0 unspecified atom stereocenters. The molecule has 0 saturated heterocycles. The molecule has 0 aliphatic rings. The summed E-state index contributed by atoms with van der Waals surface area (Å²) in [5.74, 6) is 0. The van der Waals surface area contributed by atoms with E-state index in [9.17, 15) is 0 Å². The van der Waals surface area contributed by atoms with E-state index in [2.05, 4.69) is 4.98 Å². The number of hydrogen-bond acceptors (Lipinski definition) is 1. The van der Waals surface area contributed by atoms with Gasteiger partial charge in [-0.25, -0.2) is 0 Å². The molecule has 1 aromatic carbocycles. The summed E-state index contributed by atoms with van der Waals surface area (Å²) < 4.78 is 0. The predicted octanol–water partition coefficient (Wildman–Crippen LogP) is -0.208. The second-order valence-corrected chi connectivity index (χ2v) is 2.39. The van der Waals surface area contributed by atoms with E-state index in [0.29, 0.717) is 5.69 Å². The zero-order valence-electron chi connectivity index (χ0n) is 6.50. The molecule has 0 heterocycles. The van der Waals surface area contributed by atoms with Crippen LogP contribution >= 0.6 is 0 Å². The Labute approximate surface area is 72.3 Å². The minimum absolute atomic E-state index is 0. The molecule has 0 saturated carbocycles. The van der Waals surface area contributed by atoms with Gasteiger partial charge in [-0.1, -0.05) is 11.6 Å². The second kappa shape index (κ2) is 3.95. The molecule has 11 heavy (non-hydrogen) atoms. The predicted molar refractivity (Wildman–Crippen MR) is 40.7 cm³/mol. The Kier molecular flexibility index (Phi) is 3.56. The first kappa shape index (κ1) is 9.93. The fraction of sp³-hybridized carbons (Fsp3) is 0.250. The summed E-state index contributed by atoms with van der Waals surface area (Å²) in [5, 5.41) is 8.43. The molecule has 0 radical (unpaired) electrons. The highest BCUT2D eigenvalue weighted by Crippen LogP contribution is 2.18. The Bertz CT molecular complexity index is 289. The molecular formula is C8H9ClN2. The van der Waals surface area contributed by atoms with Crippen molar-refractivity contribution in [3.05, 3.63) is 34.3 Å². The normalized spacial score (nSPS) is 8.09. The lowest BCUT2D eigenvalue weighted by atomic mass is 10.1. The van der Waals surface area contributed by atoms with Crippen LogP contribution in [0.2, 0.25) is 0 Å². The molecule has 0 aromatic heterocycles. The van der Waals surface area contributed by atoms with E-state index in [1.54, 1.807) is 6.07 Å². The van der Waals surface area contributed by atoms with Gasteiger partial charge >= 0.3 is 5.69 Å². The van der Waals surface area contributed by atoms with E-state index in [4.69, 9.17) is 5.39 Å². The van der Waals surface area contributed by atoms with Crippen molar-refractivity contribution in [1.82, 2.24) is 0 Å². The zero-order valence-corrected chi connectivity index (χ0v) is 7.26. The maximum atomic E-state index is 8.43. The van der Waals surface area contributed by atoms with Gasteiger partial charge in [0.25, 0.3) is 0 Å². The molecule has 2 nitrogen and oxygen atoms in total. The van der Waals surface area contributed by atoms with Gasteiger partial charge in [-0.15, -0.1) is 0 Å². The molecule has 58 valence electrons. The van der Waals surface area contributed by atoms with Crippen molar-refractivity contribution in [2.75, 3.05) is 0 Å². The molecule has 0 aliphatic carbocycles. The summed E-state index contributed by atoms with van der Waals surface area (Å²) in [6.45, 7) is 3.93. The number of halogens is 1. The van der Waals surface area contributed by atoms with Gasteiger partial charge in [0.2, 0.25) is 5.39 Å². The minimum Gasteiger partial charge on any atom is -1.00 e. The highest BCUT2D eigenvalue weighted by atomic mass is 35.5. The van der Waals surface area contributed by atoms with Crippen molar-refractivity contribution >= 4 is 5.69 Å². The Morgan fingerprint density at radius 3 is 2.36 bits per heavy atom. The van der Waals surface area contributed by atoms with Gasteiger partial charge in [0, 0.05) is 11.6 Å². The highest BCUT2D eigenvalue weighted by Gasteiger charge is 2.06. The van der Waals surface area contributed by atoms with E-state index >= 15 is 0 Å². The third-order valence-corrected chi connectivity index (χ3v) is 1.46. The van der Waals surface area contributed by atoms with Crippen LogP contribution in [0.15, 0.2) is 18.2 Å². The largest absolute Gasteiger partial charge is 1.00 e. The Hall–Kier alpha value is -1.07. The fourth-order valence-electron chi connectivity index (χ4n) is 0.918. The lowest BCUT2D eigenvalue weighted by Gasteiger charge is -1.88. The molecule has 3 heteroatoms. The maximum absolute atomic E-state index is 8.43. The van der Waals surface area contributed by atoms with Gasteiger partial charge < -0.3 is 12.4 Å². The first-order chi connectivity index (χ1) is 4.74. The standard InChI is InChI=1S/C8H9N2.ClH/c1-6-3-4-8(10-9)7(2)5-6;/h3-5H,1-2H3;1H/q+1;/p-1.